The Morgan fingerprint density at radius 3 is 2.89 bits per heavy atom. The van der Waals surface area contributed by atoms with Crippen molar-refractivity contribution in [2.24, 2.45) is 0 Å². The molecule has 1 aromatic carbocycles. The van der Waals surface area contributed by atoms with Crippen molar-refractivity contribution in [3.8, 4) is 0 Å². The zero-order chi connectivity index (χ0) is 13.9. The molecule has 0 bridgehead atoms. The van der Waals surface area contributed by atoms with Gasteiger partial charge >= 0.3 is 0 Å². The van der Waals surface area contributed by atoms with Crippen LogP contribution in [0.2, 0.25) is 0 Å². The molecule has 19 heavy (non-hydrogen) atoms. The second-order valence-corrected chi connectivity index (χ2v) is 7.28. The van der Waals surface area contributed by atoms with Gasteiger partial charge in [0.25, 0.3) is 0 Å². The van der Waals surface area contributed by atoms with Crippen LogP contribution in [0, 0.1) is 0 Å². The molecule has 0 fully saturated rings. The molecule has 1 aliphatic rings. The van der Waals surface area contributed by atoms with E-state index in [1.54, 1.807) is 0 Å². The zero-order valence-electron chi connectivity index (χ0n) is 11.1. The maximum absolute atomic E-state index is 12.2. The smallest absolute Gasteiger partial charge is 0.163 e. The fourth-order valence-corrected chi connectivity index (χ4v) is 3.07. The maximum Gasteiger partial charge on any atom is 0.163 e. The molecule has 1 aliphatic heterocycles. The molecule has 1 aromatic rings. The van der Waals surface area contributed by atoms with E-state index in [1.807, 2.05) is 18.2 Å². The third-order valence-corrected chi connectivity index (χ3v) is 4.34. The van der Waals surface area contributed by atoms with Crippen molar-refractivity contribution in [1.82, 2.24) is 0 Å². The van der Waals surface area contributed by atoms with Gasteiger partial charge < -0.3 is 5.32 Å². The Kier molecular flexibility index (Phi) is 4.24. The predicted molar refractivity (Wildman–Crippen MR) is 76.5 cm³/mol. The molecule has 5 heteroatoms. The summed E-state index contributed by atoms with van der Waals surface area (Å²) in [5.41, 5.74) is 2.87. The lowest BCUT2D eigenvalue weighted by Gasteiger charge is -2.20. The van der Waals surface area contributed by atoms with Gasteiger partial charge in [-0.25, -0.2) is 8.42 Å². The van der Waals surface area contributed by atoms with Crippen molar-refractivity contribution >= 4 is 21.3 Å². The largest absolute Gasteiger partial charge is 0.385 e. The van der Waals surface area contributed by atoms with Crippen molar-refractivity contribution in [3.63, 3.8) is 0 Å². The topological polar surface area (TPSA) is 63.2 Å². The van der Waals surface area contributed by atoms with Crippen LogP contribution in [0.25, 0.3) is 0 Å². The number of benzene rings is 1. The highest BCUT2D eigenvalue weighted by Crippen LogP contribution is 2.26. The van der Waals surface area contributed by atoms with E-state index < -0.39 is 9.84 Å². The number of fused-ring (bicyclic) bond motifs is 1. The van der Waals surface area contributed by atoms with Crippen LogP contribution in [0.3, 0.4) is 0 Å². The highest BCUT2D eigenvalue weighted by molar-refractivity contribution is 7.90. The number of Topliss-reactive ketones (excluding diaryl/α,β-unsaturated/α-hetero) is 1. The number of nitrogens with one attached hydrogen (secondary N) is 1. The fraction of sp³-hybridized carbons (Fsp3) is 0.500. The van der Waals surface area contributed by atoms with E-state index in [0.29, 0.717) is 12.8 Å². The Morgan fingerprint density at radius 2 is 2.16 bits per heavy atom. The van der Waals surface area contributed by atoms with Gasteiger partial charge in [0, 0.05) is 30.5 Å². The van der Waals surface area contributed by atoms with Crippen molar-refractivity contribution in [2.45, 2.75) is 25.7 Å². The first kappa shape index (κ1) is 14.1. The Morgan fingerprint density at radius 1 is 1.37 bits per heavy atom. The summed E-state index contributed by atoms with van der Waals surface area (Å²) in [4.78, 5) is 12.2. The van der Waals surface area contributed by atoms with E-state index in [2.05, 4.69) is 5.32 Å². The van der Waals surface area contributed by atoms with Crippen LogP contribution in [-0.2, 0) is 16.3 Å². The number of rotatable bonds is 5. The van der Waals surface area contributed by atoms with Gasteiger partial charge in [-0.05, 0) is 30.9 Å². The van der Waals surface area contributed by atoms with E-state index >= 15 is 0 Å². The van der Waals surface area contributed by atoms with Gasteiger partial charge in [-0.3, -0.25) is 4.79 Å². The lowest BCUT2D eigenvalue weighted by molar-refractivity contribution is 0.0981. The van der Waals surface area contributed by atoms with Gasteiger partial charge in [0.2, 0.25) is 0 Å². The number of hydrogen-bond donors (Lipinski definition) is 1. The minimum atomic E-state index is -2.98. The summed E-state index contributed by atoms with van der Waals surface area (Å²) in [5, 5.41) is 3.29. The molecule has 2 rings (SSSR count). The average molecular weight is 281 g/mol. The Hall–Kier alpha value is -1.36. The van der Waals surface area contributed by atoms with Crippen LogP contribution in [0.5, 0.6) is 0 Å². The van der Waals surface area contributed by atoms with Gasteiger partial charge in [0.05, 0.1) is 5.75 Å². The number of hydrogen-bond acceptors (Lipinski definition) is 4. The highest BCUT2D eigenvalue weighted by atomic mass is 32.2. The van der Waals surface area contributed by atoms with Gasteiger partial charge in [-0.15, -0.1) is 0 Å². The predicted octanol–water partition coefficient (Wildman–Crippen LogP) is 2.05. The molecular weight excluding hydrogens is 262 g/mol. The molecule has 1 N–H and O–H groups in total. The molecule has 0 unspecified atom stereocenters. The van der Waals surface area contributed by atoms with Crippen LogP contribution >= 0.6 is 0 Å². The number of ketones is 1. The molecule has 0 spiro atoms. The quantitative estimate of drug-likeness (QED) is 0.839. The summed E-state index contributed by atoms with van der Waals surface area (Å²) < 4.78 is 22.1. The summed E-state index contributed by atoms with van der Waals surface area (Å²) in [6.45, 7) is 0.943. The van der Waals surface area contributed by atoms with Crippen molar-refractivity contribution in [3.05, 3.63) is 29.3 Å². The zero-order valence-corrected chi connectivity index (χ0v) is 11.9. The van der Waals surface area contributed by atoms with Crippen LogP contribution in [0.15, 0.2) is 18.2 Å². The van der Waals surface area contributed by atoms with Crippen molar-refractivity contribution < 1.29 is 13.2 Å². The molecule has 4 nitrogen and oxygen atoms in total. The second kappa shape index (κ2) is 5.74. The minimum Gasteiger partial charge on any atom is -0.385 e. The summed E-state index contributed by atoms with van der Waals surface area (Å²) in [5.74, 6) is 0.121. The molecule has 0 radical (unpaired) electrons. The lowest BCUT2D eigenvalue weighted by atomic mass is 9.94. The first-order chi connectivity index (χ1) is 8.97. The average Bonchev–Trinajstić information content (AvgIpc) is 2.36. The van der Waals surface area contributed by atoms with E-state index in [9.17, 15) is 13.2 Å². The van der Waals surface area contributed by atoms with Gasteiger partial charge in [0.1, 0.15) is 9.84 Å². The first-order valence-corrected chi connectivity index (χ1v) is 8.60. The lowest BCUT2D eigenvalue weighted by Crippen LogP contribution is -2.16. The molecule has 1 heterocycles. The molecule has 104 valence electrons. The molecule has 0 amide bonds. The Bertz CT molecular complexity index is 578. The van der Waals surface area contributed by atoms with Crippen molar-refractivity contribution in [1.29, 1.82) is 0 Å². The third kappa shape index (κ3) is 3.80. The molecule has 0 atom stereocenters. The second-order valence-electron chi connectivity index (χ2n) is 5.02. The van der Waals surface area contributed by atoms with E-state index in [-0.39, 0.29) is 11.5 Å². The van der Waals surface area contributed by atoms with Gasteiger partial charge in [-0.1, -0.05) is 12.1 Å². The SMILES string of the molecule is CS(=O)(=O)CCCC(=O)c1cccc2c1CCCN2. The molecule has 0 saturated heterocycles. The van der Waals surface area contributed by atoms with Crippen LogP contribution < -0.4 is 5.32 Å². The molecular formula is C14H19NO3S. The molecule has 0 aliphatic carbocycles. The van der Waals surface area contributed by atoms with Crippen LogP contribution in [-0.4, -0.2) is 32.8 Å². The van der Waals surface area contributed by atoms with Crippen molar-refractivity contribution in [2.75, 3.05) is 23.9 Å². The summed E-state index contributed by atoms with van der Waals surface area (Å²) in [7, 11) is -2.98. The molecule has 0 aromatic heterocycles. The first-order valence-electron chi connectivity index (χ1n) is 6.54. The maximum atomic E-state index is 12.2. The van der Waals surface area contributed by atoms with Gasteiger partial charge in [-0.2, -0.15) is 0 Å². The monoisotopic (exact) mass is 281 g/mol. The van der Waals surface area contributed by atoms with E-state index in [4.69, 9.17) is 0 Å². The van der Waals surface area contributed by atoms with Gasteiger partial charge in [0.15, 0.2) is 5.78 Å². The van der Waals surface area contributed by atoms with Crippen LogP contribution in [0.1, 0.15) is 35.2 Å². The summed E-state index contributed by atoms with van der Waals surface area (Å²) in [6, 6.07) is 5.71. The Labute approximate surface area is 114 Å². The Balaban J connectivity index is 2.07. The fourth-order valence-electron chi connectivity index (χ4n) is 2.40. The standard InChI is InChI=1S/C14H19NO3S/c1-19(17,18)10-4-8-14(16)12-5-2-7-13-11(12)6-3-9-15-13/h2,5,7,15H,3-4,6,8-10H2,1H3. The third-order valence-electron chi connectivity index (χ3n) is 3.31. The summed E-state index contributed by atoms with van der Waals surface area (Å²) in [6.07, 6.45) is 3.83. The minimum absolute atomic E-state index is 0.0456. The number of sulfone groups is 1. The van der Waals surface area contributed by atoms with E-state index in [0.717, 1.165) is 36.2 Å². The van der Waals surface area contributed by atoms with E-state index in [1.165, 1.54) is 6.26 Å². The number of carbonyl (C=O) groups is 1. The number of carbonyl (C=O) groups excluding carboxylic acids is 1. The summed E-state index contributed by atoms with van der Waals surface area (Å²) >= 11 is 0. The normalized spacial score (nSPS) is 14.6. The number of anilines is 1. The molecule has 0 saturated carbocycles. The highest BCUT2D eigenvalue weighted by Gasteiger charge is 2.17. The van der Waals surface area contributed by atoms with Crippen LogP contribution in [0.4, 0.5) is 5.69 Å².